The first kappa shape index (κ1) is 30.8. The number of carbonyl (C=O) groups excluding carboxylic acids is 4. The van der Waals surface area contributed by atoms with Crippen molar-refractivity contribution in [1.29, 1.82) is 0 Å². The number of amides is 5. The van der Waals surface area contributed by atoms with E-state index in [2.05, 4.69) is 5.32 Å². The number of hydrogen-bond acceptors (Lipinski definition) is 5. The molecule has 2 aromatic rings. The van der Waals surface area contributed by atoms with Crippen molar-refractivity contribution >= 4 is 29.4 Å². The third-order valence-corrected chi connectivity index (χ3v) is 7.67. The molecule has 13 heteroatoms. The molecule has 42 heavy (non-hydrogen) atoms. The summed E-state index contributed by atoms with van der Waals surface area (Å²) in [7, 11) is 1.40. The van der Waals surface area contributed by atoms with Gasteiger partial charge in [-0.25, -0.2) is 9.18 Å². The predicted octanol–water partition coefficient (Wildman–Crippen LogP) is 4.46. The van der Waals surface area contributed by atoms with Crippen LogP contribution >= 0.6 is 0 Å². The highest BCUT2D eigenvalue weighted by Crippen LogP contribution is 2.41. The number of nitrogens with zero attached hydrogens (tertiary/aromatic N) is 3. The van der Waals surface area contributed by atoms with Crippen LogP contribution in [0.25, 0.3) is 0 Å². The molecule has 2 fully saturated rings. The molecule has 0 radical (unpaired) electrons. The van der Waals surface area contributed by atoms with E-state index in [9.17, 15) is 36.7 Å². The van der Waals surface area contributed by atoms with Crippen molar-refractivity contribution in [2.75, 3.05) is 31.6 Å². The van der Waals surface area contributed by atoms with Crippen LogP contribution in [0.5, 0.6) is 5.75 Å². The average Bonchev–Trinajstić information content (AvgIpc) is 3.12. The standard InChI is InChI=1S/C29H32F4N4O5/c1-5-42-20-9-7-19(8-10-20)37-27(41)35(4)26(40)28(37)12-14-36(15-13-28)25(39)23(17(2)3)34-24(38)21-16-18(29(31,32)33)6-11-22(21)30/h6-11,16-17,23H,5,12-15H2,1-4H3,(H,34,38)/t23-/m1/s1. The molecule has 0 bridgehead atoms. The zero-order chi connectivity index (χ0) is 31.0. The first-order valence-electron chi connectivity index (χ1n) is 13.5. The second kappa shape index (κ2) is 11.6. The summed E-state index contributed by atoms with van der Waals surface area (Å²) in [6.45, 7) is 5.71. The van der Waals surface area contributed by atoms with E-state index in [4.69, 9.17) is 4.74 Å². The Hall–Kier alpha value is -4.16. The summed E-state index contributed by atoms with van der Waals surface area (Å²) in [5.41, 5.74) is -2.75. The van der Waals surface area contributed by atoms with Gasteiger partial charge in [0.05, 0.1) is 17.7 Å². The minimum Gasteiger partial charge on any atom is -0.494 e. The van der Waals surface area contributed by atoms with Gasteiger partial charge < -0.3 is 15.0 Å². The number of carbonyl (C=O) groups is 4. The highest BCUT2D eigenvalue weighted by Gasteiger charge is 2.58. The summed E-state index contributed by atoms with van der Waals surface area (Å²) in [4.78, 5) is 56.8. The number of rotatable bonds is 7. The summed E-state index contributed by atoms with van der Waals surface area (Å²) in [5.74, 6) is -3.13. The van der Waals surface area contributed by atoms with Gasteiger partial charge in [0.2, 0.25) is 5.91 Å². The van der Waals surface area contributed by atoms with Crippen molar-refractivity contribution in [3.05, 3.63) is 59.4 Å². The van der Waals surface area contributed by atoms with Gasteiger partial charge in [0, 0.05) is 25.8 Å². The van der Waals surface area contributed by atoms with E-state index in [0.29, 0.717) is 36.2 Å². The number of benzene rings is 2. The Morgan fingerprint density at radius 1 is 1.05 bits per heavy atom. The maximum atomic E-state index is 14.3. The molecule has 2 aliphatic rings. The molecular formula is C29H32F4N4O5. The van der Waals surface area contributed by atoms with E-state index in [-0.39, 0.29) is 25.9 Å². The Balaban J connectivity index is 1.52. The van der Waals surface area contributed by atoms with Crippen LogP contribution in [0, 0.1) is 11.7 Å². The number of likely N-dealkylation sites (tertiary alicyclic amines) is 1. The number of urea groups is 1. The maximum absolute atomic E-state index is 14.3. The minimum absolute atomic E-state index is 0.0657. The lowest BCUT2D eigenvalue weighted by Gasteiger charge is -2.43. The molecule has 1 spiro atoms. The zero-order valence-electron chi connectivity index (χ0n) is 23.6. The molecule has 2 aliphatic heterocycles. The predicted molar refractivity (Wildman–Crippen MR) is 144 cm³/mol. The molecule has 1 atom stereocenters. The smallest absolute Gasteiger partial charge is 0.416 e. The Morgan fingerprint density at radius 3 is 2.21 bits per heavy atom. The molecule has 4 rings (SSSR count). The Bertz CT molecular complexity index is 1370. The van der Waals surface area contributed by atoms with E-state index in [1.165, 1.54) is 16.8 Å². The second-order valence-electron chi connectivity index (χ2n) is 10.7. The molecule has 1 N–H and O–H groups in total. The van der Waals surface area contributed by atoms with Gasteiger partial charge in [0.15, 0.2) is 0 Å². The fourth-order valence-corrected chi connectivity index (χ4v) is 5.38. The van der Waals surface area contributed by atoms with Crippen LogP contribution < -0.4 is 15.0 Å². The molecule has 2 aromatic carbocycles. The van der Waals surface area contributed by atoms with Crippen molar-refractivity contribution in [1.82, 2.24) is 15.1 Å². The van der Waals surface area contributed by atoms with E-state index in [1.807, 2.05) is 6.92 Å². The SMILES string of the molecule is CCOc1ccc(N2C(=O)N(C)C(=O)C23CCN(C(=O)[C@H](NC(=O)c2cc(C(F)(F)F)ccc2F)C(C)C)CC3)cc1. The molecule has 2 saturated heterocycles. The van der Waals surface area contributed by atoms with Gasteiger partial charge in [-0.1, -0.05) is 13.8 Å². The number of halogens is 4. The van der Waals surface area contributed by atoms with Crippen LogP contribution in [0.15, 0.2) is 42.5 Å². The molecule has 5 amide bonds. The normalized spacial score (nSPS) is 17.7. The first-order valence-corrected chi connectivity index (χ1v) is 13.5. The summed E-state index contributed by atoms with van der Waals surface area (Å²) in [6, 6.07) is 6.59. The summed E-state index contributed by atoms with van der Waals surface area (Å²) in [6.07, 6.45) is -4.56. The van der Waals surface area contributed by atoms with Crippen LogP contribution in [-0.2, 0) is 15.8 Å². The average molecular weight is 593 g/mol. The monoisotopic (exact) mass is 592 g/mol. The zero-order valence-corrected chi connectivity index (χ0v) is 23.6. The lowest BCUT2D eigenvalue weighted by atomic mass is 9.85. The largest absolute Gasteiger partial charge is 0.494 e. The van der Waals surface area contributed by atoms with Gasteiger partial charge in [0.25, 0.3) is 11.8 Å². The van der Waals surface area contributed by atoms with Gasteiger partial charge in [0.1, 0.15) is 23.1 Å². The van der Waals surface area contributed by atoms with Gasteiger partial charge in [-0.2, -0.15) is 13.2 Å². The number of hydrogen-bond donors (Lipinski definition) is 1. The van der Waals surface area contributed by atoms with E-state index in [1.54, 1.807) is 38.1 Å². The number of nitrogens with one attached hydrogen (secondary N) is 1. The van der Waals surface area contributed by atoms with E-state index < -0.39 is 64.4 Å². The Kier molecular flexibility index (Phi) is 8.51. The third-order valence-electron chi connectivity index (χ3n) is 7.67. The van der Waals surface area contributed by atoms with Crippen molar-refractivity contribution < 1.29 is 41.5 Å². The van der Waals surface area contributed by atoms with E-state index in [0.717, 1.165) is 4.90 Å². The lowest BCUT2D eigenvalue weighted by Crippen LogP contribution is -2.60. The summed E-state index contributed by atoms with van der Waals surface area (Å²) >= 11 is 0. The highest BCUT2D eigenvalue weighted by atomic mass is 19.4. The summed E-state index contributed by atoms with van der Waals surface area (Å²) in [5, 5.41) is 2.39. The minimum atomic E-state index is -4.79. The third kappa shape index (κ3) is 5.64. The fourth-order valence-electron chi connectivity index (χ4n) is 5.38. The molecule has 9 nitrogen and oxygen atoms in total. The molecule has 0 aromatic heterocycles. The topological polar surface area (TPSA) is 99.3 Å². The second-order valence-corrected chi connectivity index (χ2v) is 10.7. The van der Waals surface area contributed by atoms with Gasteiger partial charge in [-0.05, 0) is 68.1 Å². The lowest BCUT2D eigenvalue weighted by molar-refractivity contribution is -0.139. The van der Waals surface area contributed by atoms with Crippen molar-refractivity contribution in [2.24, 2.45) is 5.92 Å². The van der Waals surface area contributed by atoms with Gasteiger partial charge in [-0.15, -0.1) is 0 Å². The van der Waals surface area contributed by atoms with E-state index >= 15 is 0 Å². The van der Waals surface area contributed by atoms with Crippen LogP contribution in [0.1, 0.15) is 49.5 Å². The number of likely N-dealkylation sites (N-methyl/N-ethyl adjacent to an activating group) is 1. The quantitative estimate of drug-likeness (QED) is 0.378. The number of alkyl halides is 3. The molecular weight excluding hydrogens is 560 g/mol. The molecule has 226 valence electrons. The van der Waals surface area contributed by atoms with Gasteiger partial charge >= 0.3 is 12.2 Å². The van der Waals surface area contributed by atoms with Crippen molar-refractivity contribution in [3.8, 4) is 5.75 Å². The number of piperidine rings is 1. The Morgan fingerprint density at radius 2 is 1.67 bits per heavy atom. The van der Waals surface area contributed by atoms with Crippen molar-refractivity contribution in [3.63, 3.8) is 0 Å². The van der Waals surface area contributed by atoms with Gasteiger partial charge in [-0.3, -0.25) is 24.2 Å². The highest BCUT2D eigenvalue weighted by molar-refractivity contribution is 6.16. The first-order chi connectivity index (χ1) is 19.7. The van der Waals surface area contributed by atoms with Crippen molar-refractivity contribution in [2.45, 2.75) is 51.4 Å². The van der Waals surface area contributed by atoms with Crippen LogP contribution in [0.3, 0.4) is 0 Å². The fraction of sp³-hybridized carbons (Fsp3) is 0.448. The molecule has 2 heterocycles. The van der Waals surface area contributed by atoms with Crippen LogP contribution in [0.4, 0.5) is 28.0 Å². The number of imide groups is 1. The van der Waals surface area contributed by atoms with Crippen LogP contribution in [-0.4, -0.2) is 71.9 Å². The van der Waals surface area contributed by atoms with Crippen LogP contribution in [0.2, 0.25) is 0 Å². The maximum Gasteiger partial charge on any atom is 0.416 e. The molecule has 0 saturated carbocycles. The summed E-state index contributed by atoms with van der Waals surface area (Å²) < 4.78 is 59.2. The molecule has 0 aliphatic carbocycles. The molecule has 0 unspecified atom stereocenters. The number of ether oxygens (including phenoxy) is 1. The number of anilines is 1. The Labute approximate surface area is 240 Å².